The van der Waals surface area contributed by atoms with Gasteiger partial charge in [-0.05, 0) is 47.3 Å². The van der Waals surface area contributed by atoms with E-state index in [4.69, 9.17) is 11.6 Å². The minimum Gasteiger partial charge on any atom is -0.192 e. The fourth-order valence-corrected chi connectivity index (χ4v) is 4.30. The molecule has 0 radical (unpaired) electrons. The molecule has 0 unspecified atom stereocenters. The zero-order chi connectivity index (χ0) is 15.4. The third-order valence-corrected chi connectivity index (χ3v) is 6.37. The first-order chi connectivity index (χ1) is 9.75. The fraction of sp³-hybridized carbons (Fsp3) is 0.611. The summed E-state index contributed by atoms with van der Waals surface area (Å²) in [5, 5.41) is 10.1. The molecule has 110 valence electrons. The maximum Gasteiger partial charge on any atom is 0.177 e. The Bertz CT molecular complexity index is 607. The largest absolute Gasteiger partial charge is 0.192 e. The van der Waals surface area contributed by atoms with Crippen LogP contribution in [0.5, 0.6) is 0 Å². The number of nitrogens with zero attached hydrogens (tertiary/aromatic N) is 1. The molecule has 1 nitrogen and oxygen atoms in total. The molecule has 0 amide bonds. The van der Waals surface area contributed by atoms with E-state index in [1.165, 1.54) is 36.5 Å². The van der Waals surface area contributed by atoms with E-state index in [1.807, 2.05) is 6.07 Å². The summed E-state index contributed by atoms with van der Waals surface area (Å²) in [6.45, 7) is 10.0. The van der Waals surface area contributed by atoms with E-state index >= 15 is 0 Å². The summed E-state index contributed by atoms with van der Waals surface area (Å²) in [7, 11) is 0. The third kappa shape index (κ3) is 2.51. The van der Waals surface area contributed by atoms with Crippen LogP contribution in [-0.2, 0) is 0 Å². The summed E-state index contributed by atoms with van der Waals surface area (Å²) in [6.07, 6.45) is 4.87. The van der Waals surface area contributed by atoms with E-state index in [2.05, 4.69) is 39.8 Å². The lowest BCUT2D eigenvalue weighted by Crippen LogP contribution is -2.32. The van der Waals surface area contributed by atoms with Crippen molar-refractivity contribution in [3.8, 4) is 6.07 Å². The van der Waals surface area contributed by atoms with Crippen LogP contribution in [0.15, 0.2) is 12.1 Å². The molecule has 0 N–H and O–H groups in total. The number of hydrogen-bond acceptors (Lipinski definition) is 1. The van der Waals surface area contributed by atoms with Crippen molar-refractivity contribution in [3.05, 3.63) is 28.3 Å². The van der Waals surface area contributed by atoms with Crippen LogP contribution in [0.3, 0.4) is 0 Å². The van der Waals surface area contributed by atoms with Gasteiger partial charge >= 0.3 is 0 Å². The molecule has 2 fully saturated rings. The second-order valence-electron chi connectivity index (χ2n) is 8.22. The average molecular weight is 300 g/mol. The summed E-state index contributed by atoms with van der Waals surface area (Å²) in [5.74, 6) is 0.632. The minimum absolute atomic E-state index is 0.327. The first kappa shape index (κ1) is 15.0. The Morgan fingerprint density at radius 3 is 2.19 bits per heavy atom. The highest BCUT2D eigenvalue weighted by Crippen LogP contribution is 2.53. The molecule has 21 heavy (non-hydrogen) atoms. The Morgan fingerprint density at radius 2 is 1.71 bits per heavy atom. The van der Waals surface area contributed by atoms with Gasteiger partial charge in [-0.15, -0.1) is 0 Å². The van der Waals surface area contributed by atoms with Crippen LogP contribution in [0.1, 0.15) is 57.6 Å². The molecular formula is C18H23BClN. The van der Waals surface area contributed by atoms with Crippen molar-refractivity contribution in [2.24, 2.45) is 10.8 Å². The lowest BCUT2D eigenvalue weighted by Gasteiger charge is -2.35. The number of halogens is 1. The van der Waals surface area contributed by atoms with Crippen LogP contribution >= 0.6 is 11.6 Å². The SMILES string of the molecule is CC1(C)CB(c2cc(C#N)cc(Cl)c2C2CC2)CC1(C)C. The van der Waals surface area contributed by atoms with Crippen molar-refractivity contribution >= 4 is 23.8 Å². The summed E-state index contributed by atoms with van der Waals surface area (Å²) < 4.78 is 0. The molecule has 3 rings (SSSR count). The first-order valence-corrected chi connectivity index (χ1v) is 8.36. The lowest BCUT2D eigenvalue weighted by atomic mass is 9.41. The van der Waals surface area contributed by atoms with Crippen LogP contribution in [-0.4, -0.2) is 6.71 Å². The topological polar surface area (TPSA) is 23.8 Å². The van der Waals surface area contributed by atoms with E-state index < -0.39 is 0 Å². The van der Waals surface area contributed by atoms with Crippen molar-refractivity contribution in [2.45, 2.75) is 59.1 Å². The minimum atomic E-state index is 0.327. The standard InChI is InChI=1S/C18H23BClN/c1-17(2)10-19(11-18(17,3)4)14-7-12(9-21)8-15(20)16(14)13-5-6-13/h7-8,13H,5-6,10-11H2,1-4H3. The first-order valence-electron chi connectivity index (χ1n) is 7.98. The second kappa shape index (κ2) is 4.78. The molecule has 1 aliphatic heterocycles. The van der Waals surface area contributed by atoms with Crippen molar-refractivity contribution in [1.82, 2.24) is 0 Å². The van der Waals surface area contributed by atoms with Crippen LogP contribution in [0.4, 0.5) is 0 Å². The van der Waals surface area contributed by atoms with Crippen LogP contribution in [0.2, 0.25) is 17.7 Å². The Labute approximate surface area is 133 Å². The number of rotatable bonds is 2. The van der Waals surface area contributed by atoms with Gasteiger partial charge in [-0.2, -0.15) is 5.26 Å². The molecule has 1 heterocycles. The van der Waals surface area contributed by atoms with Gasteiger partial charge in [-0.3, -0.25) is 0 Å². The van der Waals surface area contributed by atoms with E-state index in [-0.39, 0.29) is 0 Å². The highest BCUT2D eigenvalue weighted by atomic mass is 35.5. The molecule has 0 atom stereocenters. The summed E-state index contributed by atoms with van der Waals surface area (Å²) in [6, 6.07) is 6.24. The highest BCUT2D eigenvalue weighted by molar-refractivity contribution is 6.75. The van der Waals surface area contributed by atoms with Gasteiger partial charge in [0.15, 0.2) is 6.71 Å². The normalized spacial score (nSPS) is 23.1. The molecule has 2 aliphatic rings. The molecule has 3 heteroatoms. The molecule has 0 spiro atoms. The van der Waals surface area contributed by atoms with E-state index in [0.717, 1.165) is 5.02 Å². The molecule has 1 aromatic carbocycles. The molecule has 1 aromatic rings. The predicted octanol–water partition coefficient (Wildman–Crippen LogP) is 4.86. The van der Waals surface area contributed by atoms with Gasteiger partial charge in [0.25, 0.3) is 0 Å². The van der Waals surface area contributed by atoms with Gasteiger partial charge in [-0.25, -0.2) is 0 Å². The smallest absolute Gasteiger partial charge is 0.177 e. The van der Waals surface area contributed by atoms with Crippen LogP contribution in [0, 0.1) is 22.2 Å². The number of nitriles is 1. The molecule has 0 aromatic heterocycles. The highest BCUT2D eigenvalue weighted by Gasteiger charge is 2.49. The summed E-state index contributed by atoms with van der Waals surface area (Å²) in [5.41, 5.74) is 4.07. The van der Waals surface area contributed by atoms with Gasteiger partial charge in [-0.1, -0.05) is 57.4 Å². The predicted molar refractivity (Wildman–Crippen MR) is 90.7 cm³/mol. The van der Waals surface area contributed by atoms with Gasteiger partial charge in [0.1, 0.15) is 0 Å². The Balaban J connectivity index is 2.06. The molecule has 0 bridgehead atoms. The second-order valence-corrected chi connectivity index (χ2v) is 8.63. The van der Waals surface area contributed by atoms with Gasteiger partial charge < -0.3 is 0 Å². The Hall–Kier alpha value is -0.935. The van der Waals surface area contributed by atoms with Crippen molar-refractivity contribution in [1.29, 1.82) is 5.26 Å². The maximum absolute atomic E-state index is 9.27. The number of hydrogen-bond donors (Lipinski definition) is 0. The van der Waals surface area contributed by atoms with Gasteiger partial charge in [0.2, 0.25) is 0 Å². The van der Waals surface area contributed by atoms with E-state index in [9.17, 15) is 5.26 Å². The van der Waals surface area contributed by atoms with E-state index in [0.29, 0.717) is 29.0 Å². The van der Waals surface area contributed by atoms with Crippen molar-refractivity contribution in [2.75, 3.05) is 0 Å². The molecule has 1 saturated heterocycles. The zero-order valence-electron chi connectivity index (χ0n) is 13.5. The van der Waals surface area contributed by atoms with Crippen molar-refractivity contribution < 1.29 is 0 Å². The Morgan fingerprint density at radius 1 is 1.14 bits per heavy atom. The van der Waals surface area contributed by atoms with Gasteiger partial charge in [0.05, 0.1) is 11.6 Å². The van der Waals surface area contributed by atoms with Crippen molar-refractivity contribution in [3.63, 3.8) is 0 Å². The monoisotopic (exact) mass is 299 g/mol. The molecule has 1 saturated carbocycles. The maximum atomic E-state index is 9.27. The quantitative estimate of drug-likeness (QED) is 0.716. The van der Waals surface area contributed by atoms with Crippen LogP contribution in [0.25, 0.3) is 0 Å². The van der Waals surface area contributed by atoms with E-state index in [1.54, 1.807) is 0 Å². The summed E-state index contributed by atoms with van der Waals surface area (Å²) >= 11 is 6.52. The van der Waals surface area contributed by atoms with Gasteiger partial charge in [0, 0.05) is 5.02 Å². The molecule has 1 aliphatic carbocycles. The third-order valence-electron chi connectivity index (χ3n) is 6.06. The fourth-order valence-electron chi connectivity index (χ4n) is 3.92. The molecular weight excluding hydrogens is 276 g/mol. The average Bonchev–Trinajstić information content (AvgIpc) is 3.16. The van der Waals surface area contributed by atoms with Crippen LogP contribution < -0.4 is 5.46 Å². The number of benzene rings is 1. The summed E-state index contributed by atoms with van der Waals surface area (Å²) in [4.78, 5) is 0. The lowest BCUT2D eigenvalue weighted by molar-refractivity contribution is 0.177. The zero-order valence-corrected chi connectivity index (χ0v) is 14.2. The Kier molecular flexibility index (Phi) is 3.41.